The zero-order chi connectivity index (χ0) is 8.78. The van der Waals surface area contributed by atoms with Crippen molar-refractivity contribution in [2.75, 3.05) is 19.6 Å². The van der Waals surface area contributed by atoms with E-state index in [1.165, 1.54) is 13.8 Å². The third kappa shape index (κ3) is 48.6. The predicted octanol–water partition coefficient (Wildman–Crippen LogP) is 0.939. The maximum atomic E-state index is 10.4. The van der Waals surface area contributed by atoms with Gasteiger partial charge in [-0.05, 0) is 13.8 Å². The Labute approximate surface area is 63.0 Å². The van der Waals surface area contributed by atoms with Crippen LogP contribution < -0.4 is 0 Å². The normalized spacial score (nSPS) is 9.30. The Morgan fingerprint density at radius 1 is 1.30 bits per heavy atom. The molecule has 0 spiro atoms. The van der Waals surface area contributed by atoms with Crippen LogP contribution in [0.5, 0.6) is 0 Å². The van der Waals surface area contributed by atoms with Gasteiger partial charge in [0.25, 0.3) is 0 Å². The molecule has 0 heterocycles. The summed E-state index contributed by atoms with van der Waals surface area (Å²) in [4.78, 5) is 9.44. The van der Waals surface area contributed by atoms with E-state index in [-0.39, 0.29) is 5.78 Å². The average molecular weight is 165 g/mol. The van der Waals surface area contributed by atoms with Gasteiger partial charge in [0.1, 0.15) is 5.78 Å². The van der Waals surface area contributed by atoms with Crippen LogP contribution in [0.4, 0.5) is 0 Å². The molecule has 0 bridgehead atoms. The first kappa shape index (κ1) is 12.3. The summed E-state index contributed by atoms with van der Waals surface area (Å²) >= 11 is 0. The van der Waals surface area contributed by atoms with E-state index in [2.05, 4.69) is 4.36 Å². The van der Waals surface area contributed by atoms with Gasteiger partial charge in [-0.2, -0.15) is 0 Å². The van der Waals surface area contributed by atoms with Crippen LogP contribution in [0.1, 0.15) is 13.8 Å². The molecule has 4 heteroatoms. The summed E-state index contributed by atoms with van der Waals surface area (Å²) in [7, 11) is -0.229. The van der Waals surface area contributed by atoms with Crippen LogP contribution >= 0.6 is 0 Å². The molecule has 0 unspecified atom stereocenters. The summed E-state index contributed by atoms with van der Waals surface area (Å²) in [5, 5.41) is 0. The van der Waals surface area contributed by atoms with Crippen molar-refractivity contribution in [2.45, 2.75) is 13.8 Å². The molecule has 0 aliphatic heterocycles. The topological polar surface area (TPSA) is 46.5 Å². The molecule has 0 fully saturated rings. The first-order valence-corrected chi connectivity index (χ1v) is 5.15. The van der Waals surface area contributed by atoms with E-state index in [9.17, 15) is 9.00 Å². The zero-order valence-electron chi connectivity index (χ0n) is 7.17. The molecule has 10 heavy (non-hydrogen) atoms. The number of Topliss-reactive ketones (excluding diaryl/α,β-unsaturated/α-hetero) is 1. The first-order chi connectivity index (χ1) is 4.29. The van der Waals surface area contributed by atoms with E-state index < -0.39 is 9.73 Å². The molecule has 3 nitrogen and oxygen atoms in total. The van der Waals surface area contributed by atoms with Crippen LogP contribution in [-0.2, 0) is 14.5 Å². The fourth-order valence-electron chi connectivity index (χ4n) is 0. The van der Waals surface area contributed by atoms with Crippen LogP contribution in [-0.4, -0.2) is 29.6 Å². The monoisotopic (exact) mass is 165 g/mol. The van der Waals surface area contributed by atoms with Crippen LogP contribution in [0.25, 0.3) is 0 Å². The van der Waals surface area contributed by atoms with Crippen LogP contribution in [0.3, 0.4) is 0 Å². The summed E-state index contributed by atoms with van der Waals surface area (Å²) in [6, 6.07) is 0. The minimum atomic E-state index is -1.79. The Balaban J connectivity index is 0. The standard InChI is InChI=1S/C3H9NOS.C3H6O/c1-4-6(2,3)5;1-3(2)4/h1-3H3;1-2H3. The Bertz CT molecular complexity index is 190. The van der Waals surface area contributed by atoms with E-state index in [0.29, 0.717) is 0 Å². The molecule has 62 valence electrons. The molecule has 0 saturated heterocycles. The summed E-state index contributed by atoms with van der Waals surface area (Å²) < 4.78 is 13.9. The lowest BCUT2D eigenvalue weighted by Gasteiger charge is -1.83. The fourth-order valence-corrected chi connectivity index (χ4v) is 0. The maximum Gasteiger partial charge on any atom is 0.126 e. The number of rotatable bonds is 0. The van der Waals surface area contributed by atoms with Crippen molar-refractivity contribution in [1.82, 2.24) is 0 Å². The Morgan fingerprint density at radius 2 is 1.40 bits per heavy atom. The van der Waals surface area contributed by atoms with Gasteiger partial charge in [0, 0.05) is 29.3 Å². The van der Waals surface area contributed by atoms with Gasteiger partial charge in [0.2, 0.25) is 0 Å². The number of hydrogen-bond acceptors (Lipinski definition) is 3. The van der Waals surface area contributed by atoms with Crippen molar-refractivity contribution in [3.8, 4) is 0 Å². The van der Waals surface area contributed by atoms with Crippen molar-refractivity contribution in [1.29, 1.82) is 0 Å². The Kier molecular flexibility index (Phi) is 6.66. The van der Waals surface area contributed by atoms with E-state index in [4.69, 9.17) is 0 Å². The number of hydrogen-bond donors (Lipinski definition) is 0. The second-order valence-corrected chi connectivity index (χ2v) is 5.00. The lowest BCUT2D eigenvalue weighted by atomic mass is 10.6. The summed E-state index contributed by atoms with van der Waals surface area (Å²) in [5.41, 5.74) is 0. The number of carbonyl (C=O) groups excluding carboxylic acids is 1. The quantitative estimate of drug-likeness (QED) is 0.536. The van der Waals surface area contributed by atoms with Crippen molar-refractivity contribution in [2.24, 2.45) is 4.36 Å². The first-order valence-electron chi connectivity index (χ1n) is 2.82. The van der Waals surface area contributed by atoms with Crippen LogP contribution in [0.15, 0.2) is 4.36 Å². The molecule has 0 amide bonds. The molecule has 0 aliphatic carbocycles. The molecule has 0 rings (SSSR count). The van der Waals surface area contributed by atoms with E-state index in [1.807, 2.05) is 0 Å². The highest BCUT2D eigenvalue weighted by Crippen LogP contribution is 1.75. The van der Waals surface area contributed by atoms with E-state index in [0.717, 1.165) is 0 Å². The Hall–Kier alpha value is -0.380. The lowest BCUT2D eigenvalue weighted by molar-refractivity contribution is -0.114. The predicted molar refractivity (Wildman–Crippen MR) is 44.7 cm³/mol. The number of nitrogens with zero attached hydrogens (tertiary/aromatic N) is 1. The number of ketones is 1. The van der Waals surface area contributed by atoms with Gasteiger partial charge < -0.3 is 4.79 Å². The van der Waals surface area contributed by atoms with Gasteiger partial charge in [0.15, 0.2) is 0 Å². The molecule has 0 N–H and O–H groups in total. The highest BCUT2D eigenvalue weighted by molar-refractivity contribution is 7.92. The van der Waals surface area contributed by atoms with Crippen molar-refractivity contribution in [3.05, 3.63) is 0 Å². The molecule has 0 aromatic carbocycles. The van der Waals surface area contributed by atoms with Crippen molar-refractivity contribution >= 4 is 15.5 Å². The minimum absolute atomic E-state index is 0.167. The van der Waals surface area contributed by atoms with Gasteiger partial charge in [-0.25, -0.2) is 4.36 Å². The van der Waals surface area contributed by atoms with Gasteiger partial charge in [0.05, 0.1) is 0 Å². The fraction of sp³-hybridized carbons (Fsp3) is 0.833. The molecule has 0 aromatic rings. The lowest BCUT2D eigenvalue weighted by Crippen LogP contribution is -1.87. The highest BCUT2D eigenvalue weighted by atomic mass is 32.2. The van der Waals surface area contributed by atoms with Gasteiger partial charge in [-0.15, -0.1) is 0 Å². The van der Waals surface area contributed by atoms with Crippen molar-refractivity contribution < 1.29 is 9.00 Å². The van der Waals surface area contributed by atoms with Gasteiger partial charge in [-0.3, -0.25) is 4.21 Å². The molecule has 0 aliphatic rings. The molecule has 0 aromatic heterocycles. The van der Waals surface area contributed by atoms with E-state index >= 15 is 0 Å². The molecular formula is C6H15NO2S. The molecular weight excluding hydrogens is 150 g/mol. The minimum Gasteiger partial charge on any atom is -0.300 e. The van der Waals surface area contributed by atoms with Gasteiger partial charge >= 0.3 is 0 Å². The smallest absolute Gasteiger partial charge is 0.126 e. The Morgan fingerprint density at radius 3 is 1.40 bits per heavy atom. The average Bonchev–Trinajstić information content (AvgIpc) is 1.63. The third-order valence-corrected chi connectivity index (χ3v) is 1.32. The summed E-state index contributed by atoms with van der Waals surface area (Å²) in [6.07, 6.45) is 3.21. The second kappa shape index (κ2) is 5.41. The number of carbonyl (C=O) groups is 1. The van der Waals surface area contributed by atoms with Crippen molar-refractivity contribution in [3.63, 3.8) is 0 Å². The van der Waals surface area contributed by atoms with E-state index in [1.54, 1.807) is 19.6 Å². The maximum absolute atomic E-state index is 10.4. The second-order valence-electron chi connectivity index (χ2n) is 2.27. The summed E-state index contributed by atoms with van der Waals surface area (Å²) in [6.45, 7) is 3.06. The van der Waals surface area contributed by atoms with Crippen LogP contribution in [0, 0.1) is 0 Å². The third-order valence-electron chi connectivity index (χ3n) is 0.440. The molecule has 0 radical (unpaired) electrons. The molecule has 0 atom stereocenters. The largest absolute Gasteiger partial charge is 0.300 e. The molecule has 0 saturated carbocycles. The van der Waals surface area contributed by atoms with Gasteiger partial charge in [-0.1, -0.05) is 0 Å². The zero-order valence-corrected chi connectivity index (χ0v) is 7.99. The summed E-state index contributed by atoms with van der Waals surface area (Å²) in [5.74, 6) is 0.167. The highest BCUT2D eigenvalue weighted by Gasteiger charge is 1.78. The van der Waals surface area contributed by atoms with Crippen LogP contribution in [0.2, 0.25) is 0 Å². The SMILES string of the molecule is CC(C)=O.CN=S(C)(C)=O.